The van der Waals surface area contributed by atoms with Crippen LogP contribution in [-0.4, -0.2) is 42.3 Å². The molecule has 2 N–H and O–H groups in total. The van der Waals surface area contributed by atoms with Crippen molar-refractivity contribution < 1.29 is 22.3 Å². The maximum atomic E-state index is 14.0. The lowest BCUT2D eigenvalue weighted by Gasteiger charge is -2.13. The van der Waals surface area contributed by atoms with Gasteiger partial charge >= 0.3 is 0 Å². The predicted octanol–water partition coefficient (Wildman–Crippen LogP) is 1.12. The Balaban J connectivity index is 2.10. The minimum absolute atomic E-state index is 0.149. The van der Waals surface area contributed by atoms with Crippen molar-refractivity contribution in [2.75, 3.05) is 33.9 Å². The summed E-state index contributed by atoms with van der Waals surface area (Å²) in [6.07, 6.45) is 1.76. The quantitative estimate of drug-likeness (QED) is 0.782. The van der Waals surface area contributed by atoms with Gasteiger partial charge in [0.1, 0.15) is 10.7 Å². The fourth-order valence-corrected chi connectivity index (χ4v) is 3.60. The molecule has 1 saturated heterocycles. The zero-order chi connectivity index (χ0) is 16.2. The molecule has 0 amide bonds. The second-order valence-corrected chi connectivity index (χ2v) is 6.92. The van der Waals surface area contributed by atoms with Crippen molar-refractivity contribution in [3.05, 3.63) is 17.9 Å². The Bertz CT molecular complexity index is 616. The number of ether oxygens (including phenoxy) is 2. The average molecular weight is 332 g/mol. The zero-order valence-corrected chi connectivity index (χ0v) is 13.5. The van der Waals surface area contributed by atoms with E-state index < -0.39 is 20.7 Å². The van der Waals surface area contributed by atoms with E-state index in [0.29, 0.717) is 5.92 Å². The summed E-state index contributed by atoms with van der Waals surface area (Å²) in [6.45, 7) is 2.14. The maximum Gasteiger partial charge on any atom is 0.243 e. The summed E-state index contributed by atoms with van der Waals surface area (Å²) < 4.78 is 50.9. The van der Waals surface area contributed by atoms with Crippen molar-refractivity contribution >= 4 is 10.0 Å². The first-order valence-corrected chi connectivity index (χ1v) is 8.58. The Morgan fingerprint density at radius 2 is 2.00 bits per heavy atom. The molecular formula is C14H21FN2O4S. The van der Waals surface area contributed by atoms with Crippen LogP contribution in [0, 0.1) is 11.7 Å². The molecule has 0 spiro atoms. The Hall–Kier alpha value is -1.38. The summed E-state index contributed by atoms with van der Waals surface area (Å²) in [6, 6.07) is 2.14. The van der Waals surface area contributed by atoms with Crippen LogP contribution in [0.3, 0.4) is 0 Å². The smallest absolute Gasteiger partial charge is 0.243 e. The SMILES string of the molecule is COc1cc(F)c(S(=O)(=O)NCCC2CCNC2)cc1OC. The maximum absolute atomic E-state index is 14.0. The zero-order valence-electron chi connectivity index (χ0n) is 12.7. The number of benzene rings is 1. The summed E-state index contributed by atoms with van der Waals surface area (Å²) in [5.41, 5.74) is 0. The summed E-state index contributed by atoms with van der Waals surface area (Å²) in [5.74, 6) is -0.0918. The lowest BCUT2D eigenvalue weighted by Crippen LogP contribution is -2.27. The average Bonchev–Trinajstić information content (AvgIpc) is 2.99. The largest absolute Gasteiger partial charge is 0.493 e. The number of rotatable bonds is 7. The third kappa shape index (κ3) is 3.88. The molecule has 0 aliphatic carbocycles. The number of halogens is 1. The number of hydrogen-bond donors (Lipinski definition) is 2. The first-order valence-electron chi connectivity index (χ1n) is 7.10. The number of nitrogens with one attached hydrogen (secondary N) is 2. The highest BCUT2D eigenvalue weighted by atomic mass is 32.2. The van der Waals surface area contributed by atoms with Crippen molar-refractivity contribution in [1.29, 1.82) is 0 Å². The van der Waals surface area contributed by atoms with E-state index in [2.05, 4.69) is 10.0 Å². The molecule has 0 bridgehead atoms. The molecule has 0 saturated carbocycles. The van der Waals surface area contributed by atoms with Crippen LogP contribution >= 0.6 is 0 Å². The van der Waals surface area contributed by atoms with E-state index in [0.717, 1.165) is 38.1 Å². The molecular weight excluding hydrogens is 311 g/mol. The van der Waals surface area contributed by atoms with Gasteiger partial charge in [0.15, 0.2) is 11.5 Å². The molecule has 0 radical (unpaired) electrons. The van der Waals surface area contributed by atoms with Gasteiger partial charge in [-0.1, -0.05) is 0 Å². The third-order valence-corrected chi connectivity index (χ3v) is 5.21. The van der Waals surface area contributed by atoms with E-state index in [9.17, 15) is 12.8 Å². The number of methoxy groups -OCH3 is 2. The highest BCUT2D eigenvalue weighted by Crippen LogP contribution is 2.31. The van der Waals surface area contributed by atoms with Crippen molar-refractivity contribution in [2.24, 2.45) is 5.92 Å². The molecule has 8 heteroatoms. The molecule has 6 nitrogen and oxygen atoms in total. The molecule has 1 aromatic rings. The van der Waals surface area contributed by atoms with Crippen LogP contribution in [-0.2, 0) is 10.0 Å². The number of hydrogen-bond acceptors (Lipinski definition) is 5. The topological polar surface area (TPSA) is 76.7 Å². The van der Waals surface area contributed by atoms with Crippen LogP contribution in [0.25, 0.3) is 0 Å². The van der Waals surface area contributed by atoms with E-state index in [-0.39, 0.29) is 18.0 Å². The molecule has 1 aromatic carbocycles. The highest BCUT2D eigenvalue weighted by Gasteiger charge is 2.23. The standard InChI is InChI=1S/C14H21FN2O4S/c1-20-12-7-11(15)14(8-13(12)21-2)22(18,19)17-6-4-10-3-5-16-9-10/h7-8,10,16-17H,3-6,9H2,1-2H3. The van der Waals surface area contributed by atoms with Crippen LogP contribution in [0.5, 0.6) is 11.5 Å². The first-order chi connectivity index (χ1) is 10.5. The van der Waals surface area contributed by atoms with E-state index in [4.69, 9.17) is 9.47 Å². The van der Waals surface area contributed by atoms with Gasteiger partial charge in [0.2, 0.25) is 10.0 Å². The van der Waals surface area contributed by atoms with Gasteiger partial charge in [0.25, 0.3) is 0 Å². The molecule has 1 aliphatic rings. The van der Waals surface area contributed by atoms with E-state index in [1.807, 2.05) is 0 Å². The molecule has 124 valence electrons. The van der Waals surface area contributed by atoms with Gasteiger partial charge in [-0.15, -0.1) is 0 Å². The first kappa shape index (κ1) is 17.0. The Labute approximate surface area is 130 Å². The van der Waals surface area contributed by atoms with Gasteiger partial charge in [-0.2, -0.15) is 0 Å². The fourth-order valence-electron chi connectivity index (χ4n) is 2.48. The van der Waals surface area contributed by atoms with E-state index >= 15 is 0 Å². The predicted molar refractivity (Wildman–Crippen MR) is 80.3 cm³/mol. The van der Waals surface area contributed by atoms with Crippen LogP contribution in [0.4, 0.5) is 4.39 Å². The fraction of sp³-hybridized carbons (Fsp3) is 0.571. The van der Waals surface area contributed by atoms with E-state index in [1.54, 1.807) is 0 Å². The second-order valence-electron chi connectivity index (χ2n) is 5.18. The monoisotopic (exact) mass is 332 g/mol. The van der Waals surface area contributed by atoms with Gasteiger partial charge in [-0.3, -0.25) is 0 Å². The lowest BCUT2D eigenvalue weighted by molar-refractivity contribution is 0.350. The van der Waals surface area contributed by atoms with Gasteiger partial charge in [-0.25, -0.2) is 17.5 Å². The van der Waals surface area contributed by atoms with Crippen molar-refractivity contribution in [3.8, 4) is 11.5 Å². The van der Waals surface area contributed by atoms with Gasteiger partial charge < -0.3 is 14.8 Å². The van der Waals surface area contributed by atoms with Gasteiger partial charge in [0.05, 0.1) is 14.2 Å². The van der Waals surface area contributed by atoms with Crippen molar-refractivity contribution in [3.63, 3.8) is 0 Å². The van der Waals surface area contributed by atoms with Crippen molar-refractivity contribution in [1.82, 2.24) is 10.0 Å². The normalized spacial score (nSPS) is 18.4. The van der Waals surface area contributed by atoms with Crippen LogP contribution in [0.15, 0.2) is 17.0 Å². The van der Waals surface area contributed by atoms with Crippen LogP contribution < -0.4 is 19.5 Å². The molecule has 22 heavy (non-hydrogen) atoms. The van der Waals surface area contributed by atoms with Crippen molar-refractivity contribution in [2.45, 2.75) is 17.7 Å². The van der Waals surface area contributed by atoms with Crippen LogP contribution in [0.2, 0.25) is 0 Å². The van der Waals surface area contributed by atoms with Crippen LogP contribution in [0.1, 0.15) is 12.8 Å². The molecule has 1 aliphatic heterocycles. The minimum Gasteiger partial charge on any atom is -0.493 e. The molecule has 1 unspecified atom stereocenters. The highest BCUT2D eigenvalue weighted by molar-refractivity contribution is 7.89. The molecule has 2 rings (SSSR count). The van der Waals surface area contributed by atoms with E-state index in [1.165, 1.54) is 14.2 Å². The Morgan fingerprint density at radius 1 is 1.32 bits per heavy atom. The summed E-state index contributed by atoms with van der Waals surface area (Å²) in [7, 11) is -1.19. The lowest BCUT2D eigenvalue weighted by atomic mass is 10.1. The minimum atomic E-state index is -3.92. The Morgan fingerprint density at radius 3 is 2.59 bits per heavy atom. The molecule has 1 heterocycles. The van der Waals surface area contributed by atoms with Gasteiger partial charge in [-0.05, 0) is 31.8 Å². The molecule has 1 atom stereocenters. The third-order valence-electron chi connectivity index (χ3n) is 3.73. The summed E-state index contributed by atoms with van der Waals surface area (Å²) in [5, 5.41) is 3.22. The Kier molecular flexibility index (Phi) is 5.60. The summed E-state index contributed by atoms with van der Waals surface area (Å²) in [4.78, 5) is -0.435. The molecule has 0 aromatic heterocycles. The summed E-state index contributed by atoms with van der Waals surface area (Å²) >= 11 is 0. The second kappa shape index (κ2) is 7.26. The number of sulfonamides is 1. The molecule has 1 fully saturated rings. The van der Waals surface area contributed by atoms with Gasteiger partial charge in [0, 0.05) is 18.7 Å².